The third-order valence-corrected chi connectivity index (χ3v) is 6.92. The molecular formula is C25H28ClN5O2. The number of likely N-dealkylation sites (tertiary alicyclic amines) is 1. The zero-order chi connectivity index (χ0) is 22.6. The minimum Gasteiger partial charge on any atom is -0.368 e. The number of halogens is 1. The highest BCUT2D eigenvalue weighted by atomic mass is 35.5. The molecule has 0 aliphatic carbocycles. The lowest BCUT2D eigenvalue weighted by molar-refractivity contribution is -0.137. The van der Waals surface area contributed by atoms with Crippen molar-refractivity contribution in [2.45, 2.75) is 19.4 Å². The average molecular weight is 466 g/mol. The molecule has 1 amide bonds. The lowest BCUT2D eigenvalue weighted by atomic mass is 9.95. The molecule has 2 aliphatic heterocycles. The maximum atomic E-state index is 13.1. The third kappa shape index (κ3) is 5.04. The number of amides is 1. The number of hydrogen-bond acceptors (Lipinski definition) is 6. The van der Waals surface area contributed by atoms with E-state index in [0.717, 1.165) is 57.7 Å². The van der Waals surface area contributed by atoms with Crippen molar-refractivity contribution >= 4 is 23.2 Å². The van der Waals surface area contributed by atoms with Crippen LogP contribution in [0.5, 0.6) is 0 Å². The number of benzene rings is 2. The second-order valence-electron chi connectivity index (χ2n) is 8.69. The van der Waals surface area contributed by atoms with E-state index in [4.69, 9.17) is 16.1 Å². The molecule has 0 spiro atoms. The molecule has 3 aromatic rings. The Kier molecular flexibility index (Phi) is 6.60. The van der Waals surface area contributed by atoms with Gasteiger partial charge in [0.1, 0.15) is 0 Å². The number of para-hydroxylation sites is 1. The van der Waals surface area contributed by atoms with E-state index < -0.39 is 0 Å². The monoisotopic (exact) mass is 465 g/mol. The van der Waals surface area contributed by atoms with E-state index in [2.05, 4.69) is 44.2 Å². The quantitative estimate of drug-likeness (QED) is 0.568. The molecule has 0 N–H and O–H groups in total. The lowest BCUT2D eigenvalue weighted by Gasteiger charge is -2.39. The fourth-order valence-corrected chi connectivity index (χ4v) is 4.90. The van der Waals surface area contributed by atoms with E-state index in [1.165, 1.54) is 5.69 Å². The average Bonchev–Trinajstić information content (AvgIpc) is 3.33. The first-order valence-electron chi connectivity index (χ1n) is 11.6. The Bertz CT molecular complexity index is 1070. The molecule has 0 saturated carbocycles. The molecule has 0 unspecified atom stereocenters. The highest BCUT2D eigenvalue weighted by Crippen LogP contribution is 2.26. The van der Waals surface area contributed by atoms with Crippen molar-refractivity contribution in [1.82, 2.24) is 19.9 Å². The normalized spacial score (nSPS) is 18.0. The Hall–Kier alpha value is -2.90. The Morgan fingerprint density at radius 2 is 1.64 bits per heavy atom. The van der Waals surface area contributed by atoms with Crippen LogP contribution in [-0.4, -0.2) is 65.1 Å². The van der Waals surface area contributed by atoms with E-state index in [9.17, 15) is 4.79 Å². The van der Waals surface area contributed by atoms with Crippen molar-refractivity contribution in [1.29, 1.82) is 0 Å². The summed E-state index contributed by atoms with van der Waals surface area (Å²) in [6.45, 7) is 5.66. The van der Waals surface area contributed by atoms with Crippen molar-refractivity contribution in [2.75, 3.05) is 44.2 Å². The van der Waals surface area contributed by atoms with Gasteiger partial charge in [-0.25, -0.2) is 0 Å². The number of hydrogen-bond donors (Lipinski definition) is 0. The maximum absolute atomic E-state index is 13.1. The van der Waals surface area contributed by atoms with E-state index in [1.54, 1.807) is 0 Å². The van der Waals surface area contributed by atoms with Gasteiger partial charge >= 0.3 is 0 Å². The second-order valence-corrected chi connectivity index (χ2v) is 9.10. The number of carbonyl (C=O) groups is 1. The third-order valence-electron chi connectivity index (χ3n) is 6.59. The molecule has 1 aromatic heterocycles. The second kappa shape index (κ2) is 9.93. The number of piperazine rings is 1. The summed E-state index contributed by atoms with van der Waals surface area (Å²) in [5, 5.41) is 4.69. The number of rotatable bonds is 5. The smallest absolute Gasteiger partial charge is 0.241 e. The number of carbonyl (C=O) groups excluding carboxylic acids is 1. The Labute approximate surface area is 198 Å². The standard InChI is InChI=1S/C25H28ClN5O2/c26-22-9-5-4-8-21(22)24-27-23(33-28-24)18-29-12-10-19(11-13-29)25(32)31-16-14-30(15-17-31)20-6-2-1-3-7-20/h1-9,19H,10-18H2. The van der Waals surface area contributed by atoms with Gasteiger partial charge in [0, 0.05) is 43.3 Å². The summed E-state index contributed by atoms with van der Waals surface area (Å²) >= 11 is 6.24. The SMILES string of the molecule is O=C(C1CCN(Cc2nc(-c3ccccc3Cl)no2)CC1)N1CCN(c2ccccc2)CC1. The fraction of sp³-hybridized carbons (Fsp3) is 0.400. The van der Waals surface area contributed by atoms with E-state index >= 15 is 0 Å². The molecule has 0 atom stereocenters. The van der Waals surface area contributed by atoms with Gasteiger partial charge in [-0.1, -0.05) is 47.1 Å². The topological polar surface area (TPSA) is 65.7 Å². The summed E-state index contributed by atoms with van der Waals surface area (Å²) < 4.78 is 5.45. The highest BCUT2D eigenvalue weighted by Gasteiger charge is 2.31. The minimum atomic E-state index is 0.103. The van der Waals surface area contributed by atoms with Gasteiger partial charge in [-0.15, -0.1) is 0 Å². The van der Waals surface area contributed by atoms with Crippen molar-refractivity contribution in [3.05, 3.63) is 65.5 Å². The molecule has 2 aliphatic rings. The minimum absolute atomic E-state index is 0.103. The zero-order valence-electron chi connectivity index (χ0n) is 18.6. The van der Waals surface area contributed by atoms with Crippen molar-refractivity contribution in [3.8, 4) is 11.4 Å². The number of piperidine rings is 1. The van der Waals surface area contributed by atoms with Gasteiger partial charge in [-0.3, -0.25) is 9.69 Å². The van der Waals surface area contributed by atoms with Crippen LogP contribution in [0.25, 0.3) is 11.4 Å². The van der Waals surface area contributed by atoms with Crippen LogP contribution in [-0.2, 0) is 11.3 Å². The molecule has 2 fully saturated rings. The number of aromatic nitrogens is 2. The first kappa shape index (κ1) is 21.9. The largest absolute Gasteiger partial charge is 0.368 e. The molecule has 33 heavy (non-hydrogen) atoms. The molecule has 8 heteroatoms. The molecule has 172 valence electrons. The first-order valence-corrected chi connectivity index (χ1v) is 11.9. The van der Waals surface area contributed by atoms with E-state index in [0.29, 0.717) is 29.2 Å². The number of anilines is 1. The van der Waals surface area contributed by atoms with Gasteiger partial charge in [0.2, 0.25) is 17.6 Å². The van der Waals surface area contributed by atoms with Crippen LogP contribution in [0.1, 0.15) is 18.7 Å². The van der Waals surface area contributed by atoms with Crippen LogP contribution in [0.3, 0.4) is 0 Å². The van der Waals surface area contributed by atoms with Crippen molar-refractivity contribution < 1.29 is 9.32 Å². The van der Waals surface area contributed by atoms with Crippen LogP contribution < -0.4 is 4.90 Å². The molecule has 2 aromatic carbocycles. The summed E-state index contributed by atoms with van der Waals surface area (Å²) in [6, 6.07) is 17.9. The Morgan fingerprint density at radius 3 is 2.36 bits per heavy atom. The van der Waals surface area contributed by atoms with Gasteiger partial charge < -0.3 is 14.3 Å². The molecule has 0 bridgehead atoms. The lowest BCUT2D eigenvalue weighted by Crippen LogP contribution is -2.51. The van der Waals surface area contributed by atoms with E-state index in [1.807, 2.05) is 35.2 Å². The van der Waals surface area contributed by atoms with Crippen LogP contribution in [0.2, 0.25) is 5.02 Å². The van der Waals surface area contributed by atoms with E-state index in [-0.39, 0.29) is 5.92 Å². The summed E-state index contributed by atoms with van der Waals surface area (Å²) in [5.41, 5.74) is 2.00. The highest BCUT2D eigenvalue weighted by molar-refractivity contribution is 6.33. The van der Waals surface area contributed by atoms with Crippen LogP contribution in [0.15, 0.2) is 59.1 Å². The molecule has 7 nitrogen and oxygen atoms in total. The fourth-order valence-electron chi connectivity index (χ4n) is 4.68. The van der Waals surface area contributed by atoms with Crippen molar-refractivity contribution in [2.24, 2.45) is 5.92 Å². The summed E-state index contributed by atoms with van der Waals surface area (Å²) in [7, 11) is 0. The Morgan fingerprint density at radius 1 is 0.939 bits per heavy atom. The zero-order valence-corrected chi connectivity index (χ0v) is 19.3. The van der Waals surface area contributed by atoms with Gasteiger partial charge in [-0.2, -0.15) is 4.98 Å². The van der Waals surface area contributed by atoms with Gasteiger partial charge in [-0.05, 0) is 50.2 Å². The van der Waals surface area contributed by atoms with Crippen LogP contribution >= 0.6 is 11.6 Å². The summed E-state index contributed by atoms with van der Waals surface area (Å²) in [5.74, 6) is 1.49. The molecule has 3 heterocycles. The Balaban J connectivity index is 1.10. The molecule has 0 radical (unpaired) electrons. The van der Waals surface area contributed by atoms with Gasteiger partial charge in [0.05, 0.1) is 11.6 Å². The molecule has 5 rings (SSSR count). The van der Waals surface area contributed by atoms with Crippen LogP contribution in [0, 0.1) is 5.92 Å². The van der Waals surface area contributed by atoms with Crippen LogP contribution in [0.4, 0.5) is 5.69 Å². The predicted molar refractivity (Wildman–Crippen MR) is 128 cm³/mol. The van der Waals surface area contributed by atoms with Gasteiger partial charge in [0.15, 0.2) is 0 Å². The summed E-state index contributed by atoms with van der Waals surface area (Å²) in [6.07, 6.45) is 1.73. The molecule has 2 saturated heterocycles. The summed E-state index contributed by atoms with van der Waals surface area (Å²) in [4.78, 5) is 24.3. The van der Waals surface area contributed by atoms with Gasteiger partial charge in [0.25, 0.3) is 0 Å². The van der Waals surface area contributed by atoms with Crippen molar-refractivity contribution in [3.63, 3.8) is 0 Å². The maximum Gasteiger partial charge on any atom is 0.241 e. The molecular weight excluding hydrogens is 438 g/mol. The first-order chi connectivity index (χ1) is 16.2. The number of nitrogens with zero attached hydrogens (tertiary/aromatic N) is 5. The predicted octanol–water partition coefficient (Wildman–Crippen LogP) is 3.95.